The zero-order valence-electron chi connectivity index (χ0n) is 7.59. The SMILES string of the molecule is C=C(/C=C(C)/C=C\C)[C@H](C)N. The van der Waals surface area contributed by atoms with Crippen LogP contribution in [0, 0.1) is 0 Å². The molecule has 1 atom stereocenters. The van der Waals surface area contributed by atoms with Crippen molar-refractivity contribution in [1.82, 2.24) is 0 Å². The Labute approximate surface area is 69.3 Å². The highest BCUT2D eigenvalue weighted by Crippen LogP contribution is 2.03. The maximum absolute atomic E-state index is 5.61. The molecule has 11 heavy (non-hydrogen) atoms. The molecule has 0 saturated heterocycles. The minimum absolute atomic E-state index is 0.0511. The highest BCUT2D eigenvalue weighted by molar-refractivity contribution is 5.29. The van der Waals surface area contributed by atoms with E-state index in [2.05, 4.69) is 6.58 Å². The van der Waals surface area contributed by atoms with Crippen LogP contribution in [0.4, 0.5) is 0 Å². The molecule has 0 aliphatic rings. The van der Waals surface area contributed by atoms with Gasteiger partial charge in [-0.2, -0.15) is 0 Å². The molecule has 0 fully saturated rings. The van der Waals surface area contributed by atoms with Gasteiger partial charge in [0.05, 0.1) is 0 Å². The Hall–Kier alpha value is -0.820. The molecule has 0 amide bonds. The number of allylic oxidation sites excluding steroid dienone is 3. The molecule has 0 bridgehead atoms. The molecule has 62 valence electrons. The van der Waals surface area contributed by atoms with E-state index in [9.17, 15) is 0 Å². The minimum Gasteiger partial charge on any atom is -0.324 e. The summed E-state index contributed by atoms with van der Waals surface area (Å²) in [5.74, 6) is 0. The topological polar surface area (TPSA) is 26.0 Å². The van der Waals surface area contributed by atoms with Crippen LogP contribution in [0.5, 0.6) is 0 Å². The van der Waals surface area contributed by atoms with E-state index in [1.54, 1.807) is 0 Å². The smallest absolute Gasteiger partial charge is 0.0260 e. The van der Waals surface area contributed by atoms with Crippen molar-refractivity contribution in [3.05, 3.63) is 36.0 Å². The number of rotatable bonds is 3. The summed E-state index contributed by atoms with van der Waals surface area (Å²) in [4.78, 5) is 0. The van der Waals surface area contributed by atoms with Crippen LogP contribution in [0.1, 0.15) is 20.8 Å². The van der Waals surface area contributed by atoms with Crippen molar-refractivity contribution in [2.24, 2.45) is 5.73 Å². The molecule has 0 radical (unpaired) electrons. The van der Waals surface area contributed by atoms with Crippen LogP contribution >= 0.6 is 0 Å². The van der Waals surface area contributed by atoms with Crippen LogP contribution in [-0.4, -0.2) is 6.04 Å². The Morgan fingerprint density at radius 2 is 2.09 bits per heavy atom. The number of hydrogen-bond donors (Lipinski definition) is 1. The standard InChI is InChI=1S/C10H17N/c1-5-6-8(2)7-9(3)10(4)11/h5-7,10H,3,11H2,1-2,4H3/b6-5-,8-7+/t10-/m0/s1. The van der Waals surface area contributed by atoms with Crippen molar-refractivity contribution in [2.75, 3.05) is 0 Å². The van der Waals surface area contributed by atoms with E-state index in [0.717, 1.165) is 5.57 Å². The monoisotopic (exact) mass is 151 g/mol. The fourth-order valence-electron chi connectivity index (χ4n) is 0.735. The molecule has 0 heterocycles. The molecule has 0 rings (SSSR count). The first-order valence-corrected chi connectivity index (χ1v) is 3.83. The quantitative estimate of drug-likeness (QED) is 0.616. The predicted octanol–water partition coefficient (Wildman–Crippen LogP) is 2.41. The Morgan fingerprint density at radius 1 is 1.55 bits per heavy atom. The highest BCUT2D eigenvalue weighted by Gasteiger charge is 1.94. The average molecular weight is 151 g/mol. The molecule has 0 saturated carbocycles. The molecule has 1 heteroatoms. The Bertz CT molecular complexity index is 185. The predicted molar refractivity (Wildman–Crippen MR) is 51.4 cm³/mol. The molecular weight excluding hydrogens is 134 g/mol. The summed E-state index contributed by atoms with van der Waals surface area (Å²) in [5, 5.41) is 0. The lowest BCUT2D eigenvalue weighted by molar-refractivity contribution is 0.887. The van der Waals surface area contributed by atoms with Crippen LogP contribution in [-0.2, 0) is 0 Å². The third kappa shape index (κ3) is 4.57. The van der Waals surface area contributed by atoms with Gasteiger partial charge in [-0.05, 0) is 26.3 Å². The molecule has 0 aromatic rings. The second kappa shape index (κ2) is 4.91. The van der Waals surface area contributed by atoms with Crippen molar-refractivity contribution in [2.45, 2.75) is 26.8 Å². The van der Waals surface area contributed by atoms with E-state index in [1.165, 1.54) is 5.57 Å². The lowest BCUT2D eigenvalue weighted by Crippen LogP contribution is -2.15. The van der Waals surface area contributed by atoms with Gasteiger partial charge in [-0.15, -0.1) is 0 Å². The Morgan fingerprint density at radius 3 is 2.45 bits per heavy atom. The van der Waals surface area contributed by atoms with Gasteiger partial charge >= 0.3 is 0 Å². The second-order valence-electron chi connectivity index (χ2n) is 2.75. The van der Waals surface area contributed by atoms with Gasteiger partial charge in [0.25, 0.3) is 0 Å². The van der Waals surface area contributed by atoms with Crippen molar-refractivity contribution in [1.29, 1.82) is 0 Å². The third-order valence-corrected chi connectivity index (χ3v) is 1.43. The molecule has 0 aliphatic carbocycles. The van der Waals surface area contributed by atoms with Crippen LogP contribution in [0.2, 0.25) is 0 Å². The van der Waals surface area contributed by atoms with Crippen molar-refractivity contribution in [3.8, 4) is 0 Å². The average Bonchev–Trinajstić information content (AvgIpc) is 1.87. The highest BCUT2D eigenvalue weighted by atomic mass is 14.6. The lowest BCUT2D eigenvalue weighted by Gasteiger charge is -2.03. The fourth-order valence-corrected chi connectivity index (χ4v) is 0.735. The maximum atomic E-state index is 5.61. The molecule has 0 unspecified atom stereocenters. The first-order chi connectivity index (χ1) is 5.07. The van der Waals surface area contributed by atoms with E-state index in [-0.39, 0.29) is 6.04 Å². The second-order valence-corrected chi connectivity index (χ2v) is 2.75. The van der Waals surface area contributed by atoms with E-state index in [4.69, 9.17) is 5.73 Å². The zero-order valence-corrected chi connectivity index (χ0v) is 7.59. The van der Waals surface area contributed by atoms with Crippen molar-refractivity contribution in [3.63, 3.8) is 0 Å². The number of hydrogen-bond acceptors (Lipinski definition) is 1. The van der Waals surface area contributed by atoms with Gasteiger partial charge in [0.2, 0.25) is 0 Å². The Balaban J connectivity index is 4.19. The summed E-state index contributed by atoms with van der Waals surface area (Å²) in [5.41, 5.74) is 7.77. The molecule has 0 aromatic heterocycles. The van der Waals surface area contributed by atoms with Gasteiger partial charge in [-0.3, -0.25) is 0 Å². The van der Waals surface area contributed by atoms with E-state index in [1.807, 2.05) is 39.0 Å². The first-order valence-electron chi connectivity index (χ1n) is 3.83. The van der Waals surface area contributed by atoms with Crippen LogP contribution in [0.25, 0.3) is 0 Å². The molecule has 2 N–H and O–H groups in total. The normalized spacial score (nSPS) is 15.5. The van der Waals surface area contributed by atoms with E-state index >= 15 is 0 Å². The van der Waals surface area contributed by atoms with E-state index < -0.39 is 0 Å². The van der Waals surface area contributed by atoms with E-state index in [0.29, 0.717) is 0 Å². The van der Waals surface area contributed by atoms with Gasteiger partial charge < -0.3 is 5.73 Å². The van der Waals surface area contributed by atoms with Crippen LogP contribution < -0.4 is 5.73 Å². The zero-order chi connectivity index (χ0) is 8.85. The number of nitrogens with two attached hydrogens (primary N) is 1. The van der Waals surface area contributed by atoms with Crippen LogP contribution in [0.15, 0.2) is 36.0 Å². The molecule has 1 nitrogen and oxygen atoms in total. The van der Waals surface area contributed by atoms with Crippen LogP contribution in [0.3, 0.4) is 0 Å². The van der Waals surface area contributed by atoms with Gasteiger partial charge in [0.15, 0.2) is 0 Å². The summed E-state index contributed by atoms with van der Waals surface area (Å²) in [6.07, 6.45) is 6.04. The van der Waals surface area contributed by atoms with Gasteiger partial charge in [0.1, 0.15) is 0 Å². The third-order valence-electron chi connectivity index (χ3n) is 1.43. The van der Waals surface area contributed by atoms with Crippen molar-refractivity contribution < 1.29 is 0 Å². The molecule has 0 aliphatic heterocycles. The Kier molecular flexibility index (Phi) is 4.55. The molecule has 0 aromatic carbocycles. The fraction of sp³-hybridized carbons (Fsp3) is 0.400. The maximum Gasteiger partial charge on any atom is 0.0260 e. The first kappa shape index (κ1) is 10.2. The summed E-state index contributed by atoms with van der Waals surface area (Å²) >= 11 is 0. The van der Waals surface area contributed by atoms with Gasteiger partial charge in [-0.1, -0.05) is 30.4 Å². The molecular formula is C10H17N. The van der Waals surface area contributed by atoms with Gasteiger partial charge in [0, 0.05) is 6.04 Å². The lowest BCUT2D eigenvalue weighted by atomic mass is 10.1. The summed E-state index contributed by atoms with van der Waals surface area (Å²) in [6, 6.07) is 0.0511. The largest absolute Gasteiger partial charge is 0.324 e. The summed E-state index contributed by atoms with van der Waals surface area (Å²) in [6.45, 7) is 9.80. The minimum atomic E-state index is 0.0511. The van der Waals surface area contributed by atoms with Gasteiger partial charge in [-0.25, -0.2) is 0 Å². The molecule has 0 spiro atoms. The summed E-state index contributed by atoms with van der Waals surface area (Å²) < 4.78 is 0. The summed E-state index contributed by atoms with van der Waals surface area (Å²) in [7, 11) is 0. The van der Waals surface area contributed by atoms with Crippen molar-refractivity contribution >= 4 is 0 Å².